The van der Waals surface area contributed by atoms with Crippen LogP contribution in [0.2, 0.25) is 0 Å². The normalized spacial score (nSPS) is 14.4. The Morgan fingerprint density at radius 3 is 3.00 bits per heavy atom. The quantitative estimate of drug-likeness (QED) is 0.861. The van der Waals surface area contributed by atoms with Gasteiger partial charge in [0.05, 0.1) is 22.0 Å². The molecule has 0 saturated heterocycles. The third-order valence-corrected chi connectivity index (χ3v) is 4.78. The molecule has 0 spiro atoms. The molecule has 0 aromatic carbocycles. The summed E-state index contributed by atoms with van der Waals surface area (Å²) in [7, 11) is 0. The predicted molar refractivity (Wildman–Crippen MR) is 82.8 cm³/mol. The number of carbonyl (C=O) groups excluding carboxylic acids is 1. The molecule has 5 nitrogen and oxygen atoms in total. The van der Waals surface area contributed by atoms with Crippen LogP contribution in [0.4, 0.5) is 0 Å². The molecule has 112 valence electrons. The predicted octanol–water partition coefficient (Wildman–Crippen LogP) is 2.59. The molecule has 1 fully saturated rings. The van der Waals surface area contributed by atoms with Crippen LogP contribution in [0.25, 0.3) is 0 Å². The maximum atomic E-state index is 12.3. The Labute approximate surface area is 128 Å². The van der Waals surface area contributed by atoms with E-state index < -0.39 is 0 Å². The first-order valence-corrected chi connectivity index (χ1v) is 8.33. The zero-order valence-corrected chi connectivity index (χ0v) is 13.2. The smallest absolute Gasteiger partial charge is 0.255 e. The fourth-order valence-electron chi connectivity index (χ4n) is 2.41. The highest BCUT2D eigenvalue weighted by molar-refractivity contribution is 7.09. The van der Waals surface area contributed by atoms with Gasteiger partial charge in [-0.25, -0.2) is 4.98 Å². The average Bonchev–Trinajstić information content (AvgIpc) is 3.09. The van der Waals surface area contributed by atoms with Crippen molar-refractivity contribution in [1.29, 1.82) is 0 Å². The molecule has 1 aliphatic rings. The molecule has 1 amide bonds. The number of aromatic amines is 1. The topological polar surface area (TPSA) is 70.7 Å². The van der Waals surface area contributed by atoms with Crippen molar-refractivity contribution in [1.82, 2.24) is 20.5 Å². The lowest BCUT2D eigenvalue weighted by molar-refractivity contribution is 0.0952. The number of aryl methyl sites for hydroxylation is 2. The van der Waals surface area contributed by atoms with Gasteiger partial charge in [-0.2, -0.15) is 5.10 Å². The van der Waals surface area contributed by atoms with E-state index in [0.29, 0.717) is 12.5 Å². The highest BCUT2D eigenvalue weighted by Crippen LogP contribution is 2.41. The van der Waals surface area contributed by atoms with Gasteiger partial charge in [-0.05, 0) is 26.2 Å². The summed E-state index contributed by atoms with van der Waals surface area (Å²) >= 11 is 1.68. The third kappa shape index (κ3) is 3.15. The van der Waals surface area contributed by atoms with Crippen LogP contribution in [-0.2, 0) is 12.8 Å². The van der Waals surface area contributed by atoms with Crippen molar-refractivity contribution >= 4 is 17.2 Å². The van der Waals surface area contributed by atoms with E-state index in [1.54, 1.807) is 11.3 Å². The molecule has 0 atom stereocenters. The lowest BCUT2D eigenvalue weighted by Gasteiger charge is -2.05. The first-order chi connectivity index (χ1) is 10.2. The van der Waals surface area contributed by atoms with Gasteiger partial charge in [-0.3, -0.25) is 9.89 Å². The first kappa shape index (κ1) is 14.3. The number of nitrogens with one attached hydrogen (secondary N) is 2. The molecule has 3 rings (SSSR count). The fourth-order valence-corrected chi connectivity index (χ4v) is 3.18. The molecular weight excluding hydrogens is 284 g/mol. The van der Waals surface area contributed by atoms with Crippen LogP contribution in [0.5, 0.6) is 0 Å². The van der Waals surface area contributed by atoms with Gasteiger partial charge in [-0.15, -0.1) is 11.3 Å². The van der Waals surface area contributed by atoms with Crippen LogP contribution in [0.1, 0.15) is 58.1 Å². The van der Waals surface area contributed by atoms with Crippen molar-refractivity contribution in [3.63, 3.8) is 0 Å². The largest absolute Gasteiger partial charge is 0.352 e. The van der Waals surface area contributed by atoms with E-state index >= 15 is 0 Å². The summed E-state index contributed by atoms with van der Waals surface area (Å²) in [4.78, 5) is 16.9. The van der Waals surface area contributed by atoms with Crippen LogP contribution < -0.4 is 5.32 Å². The van der Waals surface area contributed by atoms with Gasteiger partial charge in [0.1, 0.15) is 0 Å². The molecule has 0 unspecified atom stereocenters. The second kappa shape index (κ2) is 5.97. The van der Waals surface area contributed by atoms with Gasteiger partial charge in [-0.1, -0.05) is 6.92 Å². The van der Waals surface area contributed by atoms with E-state index in [9.17, 15) is 4.79 Å². The summed E-state index contributed by atoms with van der Waals surface area (Å²) in [6, 6.07) is 0. The molecule has 0 aliphatic heterocycles. The standard InChI is InChI=1S/C15H20N4OS/c1-3-12-17-11(8-21-12)6-7-16-15(20)13-9(2)18-19-14(13)10-4-5-10/h8,10H,3-7H2,1-2H3,(H,16,20)(H,18,19). The van der Waals surface area contributed by atoms with Gasteiger partial charge < -0.3 is 5.32 Å². The Bertz CT molecular complexity index is 642. The number of amides is 1. The van der Waals surface area contributed by atoms with Crippen LogP contribution in [-0.4, -0.2) is 27.6 Å². The highest BCUT2D eigenvalue weighted by atomic mass is 32.1. The molecular formula is C15H20N4OS. The van der Waals surface area contributed by atoms with E-state index in [-0.39, 0.29) is 5.91 Å². The molecule has 21 heavy (non-hydrogen) atoms. The zero-order chi connectivity index (χ0) is 14.8. The number of hydrogen-bond acceptors (Lipinski definition) is 4. The number of aromatic nitrogens is 3. The summed E-state index contributed by atoms with van der Waals surface area (Å²) in [6.07, 6.45) is 4.03. The van der Waals surface area contributed by atoms with Crippen LogP contribution in [0.15, 0.2) is 5.38 Å². The first-order valence-electron chi connectivity index (χ1n) is 7.45. The monoisotopic (exact) mass is 304 g/mol. The summed E-state index contributed by atoms with van der Waals surface area (Å²) < 4.78 is 0. The van der Waals surface area contributed by atoms with E-state index in [4.69, 9.17) is 0 Å². The van der Waals surface area contributed by atoms with E-state index in [1.807, 2.05) is 6.92 Å². The van der Waals surface area contributed by atoms with Crippen LogP contribution >= 0.6 is 11.3 Å². The molecule has 6 heteroatoms. The maximum absolute atomic E-state index is 12.3. The minimum atomic E-state index is -0.0194. The minimum Gasteiger partial charge on any atom is -0.352 e. The highest BCUT2D eigenvalue weighted by Gasteiger charge is 2.31. The molecule has 0 radical (unpaired) electrons. The number of nitrogens with zero attached hydrogens (tertiary/aromatic N) is 2. The number of hydrogen-bond donors (Lipinski definition) is 2. The van der Waals surface area contributed by atoms with Gasteiger partial charge in [0.15, 0.2) is 0 Å². The maximum Gasteiger partial charge on any atom is 0.255 e. The van der Waals surface area contributed by atoms with Crippen molar-refractivity contribution in [2.45, 2.75) is 45.4 Å². The van der Waals surface area contributed by atoms with Gasteiger partial charge >= 0.3 is 0 Å². The summed E-state index contributed by atoms with van der Waals surface area (Å²) in [5, 5.41) is 13.4. The van der Waals surface area contributed by atoms with Crippen molar-refractivity contribution in [2.75, 3.05) is 6.54 Å². The number of carbonyl (C=O) groups is 1. The second-order valence-corrected chi connectivity index (χ2v) is 6.42. The number of H-pyrrole nitrogens is 1. The minimum absolute atomic E-state index is 0.0194. The summed E-state index contributed by atoms with van der Waals surface area (Å²) in [5.74, 6) is 0.454. The number of thiazole rings is 1. The van der Waals surface area contributed by atoms with Crippen LogP contribution in [0.3, 0.4) is 0 Å². The molecule has 1 saturated carbocycles. The Balaban J connectivity index is 1.58. The van der Waals surface area contributed by atoms with E-state index in [0.717, 1.165) is 53.3 Å². The summed E-state index contributed by atoms with van der Waals surface area (Å²) in [5.41, 5.74) is 3.59. The second-order valence-electron chi connectivity index (χ2n) is 5.48. The van der Waals surface area contributed by atoms with Gasteiger partial charge in [0.25, 0.3) is 5.91 Å². The Morgan fingerprint density at radius 2 is 2.33 bits per heavy atom. The Hall–Kier alpha value is -1.69. The number of rotatable bonds is 6. The average molecular weight is 304 g/mol. The van der Waals surface area contributed by atoms with E-state index in [2.05, 4.69) is 32.8 Å². The lowest BCUT2D eigenvalue weighted by Crippen LogP contribution is -2.27. The summed E-state index contributed by atoms with van der Waals surface area (Å²) in [6.45, 7) is 4.62. The molecule has 2 aromatic heterocycles. The lowest BCUT2D eigenvalue weighted by atomic mass is 10.1. The van der Waals surface area contributed by atoms with Gasteiger partial charge in [0, 0.05) is 30.0 Å². The SMILES string of the molecule is CCc1nc(CCNC(=O)c2c(C3CC3)n[nH]c2C)cs1. The van der Waals surface area contributed by atoms with Crippen molar-refractivity contribution < 1.29 is 4.79 Å². The van der Waals surface area contributed by atoms with Crippen molar-refractivity contribution in [2.24, 2.45) is 0 Å². The Morgan fingerprint density at radius 1 is 1.52 bits per heavy atom. The van der Waals surface area contributed by atoms with E-state index in [1.165, 1.54) is 0 Å². The molecule has 1 aliphatic carbocycles. The third-order valence-electron chi connectivity index (χ3n) is 3.73. The van der Waals surface area contributed by atoms with Gasteiger partial charge in [0.2, 0.25) is 0 Å². The molecule has 2 heterocycles. The molecule has 2 aromatic rings. The zero-order valence-electron chi connectivity index (χ0n) is 12.4. The molecule has 2 N–H and O–H groups in total. The van der Waals surface area contributed by atoms with Crippen LogP contribution in [0, 0.1) is 6.92 Å². The fraction of sp³-hybridized carbons (Fsp3) is 0.533. The van der Waals surface area contributed by atoms with Crippen molar-refractivity contribution in [3.05, 3.63) is 33.0 Å². The van der Waals surface area contributed by atoms with Crippen molar-refractivity contribution in [3.8, 4) is 0 Å². The Kier molecular flexibility index (Phi) is 4.05. The molecule has 0 bridgehead atoms.